The van der Waals surface area contributed by atoms with E-state index in [9.17, 15) is 0 Å². The summed E-state index contributed by atoms with van der Waals surface area (Å²) in [7, 11) is 0. The van der Waals surface area contributed by atoms with Crippen molar-refractivity contribution in [2.45, 2.75) is 46.2 Å². The fourth-order valence-electron chi connectivity index (χ4n) is 1.50. The molecule has 0 bridgehead atoms. The van der Waals surface area contributed by atoms with Gasteiger partial charge in [0.25, 0.3) is 0 Å². The van der Waals surface area contributed by atoms with Gasteiger partial charge in [-0.2, -0.15) is 0 Å². The van der Waals surface area contributed by atoms with Gasteiger partial charge in [0.1, 0.15) is 0 Å². The van der Waals surface area contributed by atoms with Crippen molar-refractivity contribution in [1.82, 2.24) is 20.3 Å². The van der Waals surface area contributed by atoms with Gasteiger partial charge in [-0.3, -0.25) is 4.68 Å². The van der Waals surface area contributed by atoms with Crippen LogP contribution in [0.2, 0.25) is 0 Å². The molecule has 4 nitrogen and oxygen atoms in total. The van der Waals surface area contributed by atoms with Gasteiger partial charge in [0, 0.05) is 18.8 Å². The Morgan fingerprint density at radius 3 is 2.94 bits per heavy atom. The molecule has 0 fully saturated rings. The third-order valence-corrected chi connectivity index (χ3v) is 2.46. The molecule has 0 aliphatic rings. The van der Waals surface area contributed by atoms with Crippen molar-refractivity contribution >= 4 is 0 Å². The van der Waals surface area contributed by atoms with E-state index < -0.39 is 0 Å². The van der Waals surface area contributed by atoms with Gasteiger partial charge in [-0.05, 0) is 33.6 Å². The van der Waals surface area contributed by atoms with E-state index in [0.717, 1.165) is 19.5 Å². The number of hydrogen-bond acceptors (Lipinski definition) is 3. The Hall–Kier alpha value is -1.16. The van der Waals surface area contributed by atoms with Crippen molar-refractivity contribution in [1.29, 1.82) is 0 Å². The lowest BCUT2D eigenvalue weighted by Gasteiger charge is -2.12. The van der Waals surface area contributed by atoms with E-state index in [1.807, 2.05) is 10.9 Å². The Bertz CT molecular complexity index is 299. The zero-order valence-electron chi connectivity index (χ0n) is 10.5. The molecule has 16 heavy (non-hydrogen) atoms. The van der Waals surface area contributed by atoms with E-state index in [-0.39, 0.29) is 0 Å². The van der Waals surface area contributed by atoms with Crippen LogP contribution >= 0.6 is 0 Å². The van der Waals surface area contributed by atoms with E-state index in [0.29, 0.717) is 6.04 Å². The molecule has 0 radical (unpaired) electrons. The molecule has 1 rings (SSSR count). The first kappa shape index (κ1) is 12.9. The number of hydrogen-bond donors (Lipinski definition) is 1. The highest BCUT2D eigenvalue weighted by atomic mass is 15.4. The third kappa shape index (κ3) is 5.66. The monoisotopic (exact) mass is 222 g/mol. The molecular weight excluding hydrogens is 200 g/mol. The normalized spacial score (nSPS) is 12.4. The molecular formula is C12H22N4. The second kappa shape index (κ2) is 7.17. The molecule has 0 aliphatic heterocycles. The van der Waals surface area contributed by atoms with E-state index in [2.05, 4.69) is 42.5 Å². The van der Waals surface area contributed by atoms with Gasteiger partial charge in [0.15, 0.2) is 0 Å². The minimum atomic E-state index is 0.555. The number of allylic oxidation sites excluding steroid dienone is 2. The Labute approximate surface area is 97.7 Å². The SMILES string of the molecule is CC(C)=CCCC(C)NCCn1ccnn1. The van der Waals surface area contributed by atoms with Crippen LogP contribution in [0.3, 0.4) is 0 Å². The fourth-order valence-corrected chi connectivity index (χ4v) is 1.50. The highest BCUT2D eigenvalue weighted by Crippen LogP contribution is 2.00. The molecule has 0 aliphatic carbocycles. The van der Waals surface area contributed by atoms with Crippen molar-refractivity contribution in [2.24, 2.45) is 0 Å². The smallest absolute Gasteiger partial charge is 0.0692 e. The first-order chi connectivity index (χ1) is 7.68. The number of nitrogens with zero attached hydrogens (tertiary/aromatic N) is 3. The minimum absolute atomic E-state index is 0.555. The molecule has 1 unspecified atom stereocenters. The summed E-state index contributed by atoms with van der Waals surface area (Å²) in [5, 5.41) is 11.2. The molecule has 1 atom stereocenters. The van der Waals surface area contributed by atoms with E-state index in [4.69, 9.17) is 0 Å². The summed E-state index contributed by atoms with van der Waals surface area (Å²) in [6.07, 6.45) is 8.21. The topological polar surface area (TPSA) is 42.7 Å². The van der Waals surface area contributed by atoms with Crippen LogP contribution in [-0.4, -0.2) is 27.6 Å². The quantitative estimate of drug-likeness (QED) is 0.718. The van der Waals surface area contributed by atoms with Crippen LogP contribution in [0.15, 0.2) is 24.0 Å². The van der Waals surface area contributed by atoms with Gasteiger partial charge in [0.05, 0.1) is 12.7 Å². The second-order valence-corrected chi connectivity index (χ2v) is 4.38. The van der Waals surface area contributed by atoms with Crippen LogP contribution in [0.5, 0.6) is 0 Å². The zero-order chi connectivity index (χ0) is 11.8. The van der Waals surface area contributed by atoms with Gasteiger partial charge in [-0.25, -0.2) is 0 Å². The number of nitrogens with one attached hydrogen (secondary N) is 1. The highest BCUT2D eigenvalue weighted by Gasteiger charge is 1.99. The molecule has 0 saturated heterocycles. The lowest BCUT2D eigenvalue weighted by atomic mass is 10.1. The van der Waals surface area contributed by atoms with Gasteiger partial charge < -0.3 is 5.32 Å². The molecule has 1 aromatic heterocycles. The maximum atomic E-state index is 3.92. The summed E-state index contributed by atoms with van der Waals surface area (Å²) in [5.41, 5.74) is 1.40. The summed E-state index contributed by atoms with van der Waals surface area (Å²) in [6.45, 7) is 8.33. The Balaban J connectivity index is 2.06. The maximum absolute atomic E-state index is 3.92. The predicted octanol–water partition coefficient (Wildman–Crippen LogP) is 2.00. The summed E-state index contributed by atoms with van der Waals surface area (Å²) >= 11 is 0. The summed E-state index contributed by atoms with van der Waals surface area (Å²) < 4.78 is 1.84. The zero-order valence-corrected chi connectivity index (χ0v) is 10.5. The van der Waals surface area contributed by atoms with Gasteiger partial charge in [0.2, 0.25) is 0 Å². The first-order valence-corrected chi connectivity index (χ1v) is 5.89. The predicted molar refractivity (Wildman–Crippen MR) is 66.2 cm³/mol. The van der Waals surface area contributed by atoms with Gasteiger partial charge >= 0.3 is 0 Å². The van der Waals surface area contributed by atoms with E-state index in [1.54, 1.807) is 6.20 Å². The molecule has 0 saturated carbocycles. The standard InChI is InChI=1S/C12H22N4/c1-11(2)5-4-6-12(3)13-7-9-16-10-8-14-15-16/h5,8,10,12-13H,4,6-7,9H2,1-3H3. The lowest BCUT2D eigenvalue weighted by Crippen LogP contribution is -2.29. The molecule has 0 spiro atoms. The number of rotatable bonds is 7. The average Bonchev–Trinajstić information content (AvgIpc) is 2.70. The van der Waals surface area contributed by atoms with Crippen molar-refractivity contribution in [3.05, 3.63) is 24.0 Å². The molecule has 90 valence electrons. The average molecular weight is 222 g/mol. The molecule has 0 amide bonds. The van der Waals surface area contributed by atoms with Crippen molar-refractivity contribution in [2.75, 3.05) is 6.54 Å². The molecule has 1 heterocycles. The van der Waals surface area contributed by atoms with Crippen LogP contribution in [0.4, 0.5) is 0 Å². The molecule has 1 N–H and O–H groups in total. The Kier molecular flexibility index (Phi) is 5.78. The minimum Gasteiger partial charge on any atom is -0.312 e. The Morgan fingerprint density at radius 2 is 2.31 bits per heavy atom. The van der Waals surface area contributed by atoms with Crippen molar-refractivity contribution in [3.63, 3.8) is 0 Å². The summed E-state index contributed by atoms with van der Waals surface area (Å²) in [4.78, 5) is 0. The molecule has 0 aromatic carbocycles. The second-order valence-electron chi connectivity index (χ2n) is 4.38. The van der Waals surface area contributed by atoms with Crippen LogP contribution in [-0.2, 0) is 6.54 Å². The lowest BCUT2D eigenvalue weighted by molar-refractivity contribution is 0.472. The van der Waals surface area contributed by atoms with E-state index in [1.165, 1.54) is 12.0 Å². The van der Waals surface area contributed by atoms with Crippen LogP contribution in [0, 0.1) is 0 Å². The van der Waals surface area contributed by atoms with Crippen molar-refractivity contribution in [3.8, 4) is 0 Å². The number of aromatic nitrogens is 3. The molecule has 1 aromatic rings. The highest BCUT2D eigenvalue weighted by molar-refractivity contribution is 4.93. The third-order valence-electron chi connectivity index (χ3n) is 2.46. The van der Waals surface area contributed by atoms with Gasteiger partial charge in [-0.1, -0.05) is 16.9 Å². The first-order valence-electron chi connectivity index (χ1n) is 5.89. The molecule has 4 heteroatoms. The fraction of sp³-hybridized carbons (Fsp3) is 0.667. The summed E-state index contributed by atoms with van der Waals surface area (Å²) in [6, 6.07) is 0.555. The summed E-state index contributed by atoms with van der Waals surface area (Å²) in [5.74, 6) is 0. The van der Waals surface area contributed by atoms with Gasteiger partial charge in [-0.15, -0.1) is 5.10 Å². The maximum Gasteiger partial charge on any atom is 0.0692 e. The Morgan fingerprint density at radius 1 is 1.50 bits per heavy atom. The van der Waals surface area contributed by atoms with E-state index >= 15 is 0 Å². The van der Waals surface area contributed by atoms with Crippen LogP contribution in [0.1, 0.15) is 33.6 Å². The van der Waals surface area contributed by atoms with Crippen molar-refractivity contribution < 1.29 is 0 Å². The van der Waals surface area contributed by atoms with Crippen LogP contribution in [0.25, 0.3) is 0 Å². The largest absolute Gasteiger partial charge is 0.312 e. The van der Waals surface area contributed by atoms with Crippen LogP contribution < -0.4 is 5.32 Å².